The zero-order valence-corrected chi connectivity index (χ0v) is 11.0. The molecule has 0 atom stereocenters. The highest BCUT2D eigenvalue weighted by atomic mass is 32.2. The van der Waals surface area contributed by atoms with Crippen LogP contribution in [0.25, 0.3) is 0 Å². The fourth-order valence-corrected chi connectivity index (χ4v) is 2.09. The highest BCUT2D eigenvalue weighted by molar-refractivity contribution is 7.90. The molecule has 0 bridgehead atoms. The van der Waals surface area contributed by atoms with Crippen LogP contribution in [-0.2, 0) is 27.7 Å². The van der Waals surface area contributed by atoms with Crippen molar-refractivity contribution >= 4 is 15.8 Å². The Bertz CT molecular complexity index is 522. The monoisotopic (exact) mass is 277 g/mol. The maximum absolute atomic E-state index is 11.0. The Morgan fingerprint density at radius 1 is 1.50 bits per heavy atom. The lowest BCUT2D eigenvalue weighted by molar-refractivity contribution is 0.0684. The molecule has 1 aromatic rings. The first-order valence-corrected chi connectivity index (χ1v) is 7.23. The lowest BCUT2D eigenvalue weighted by atomic mass is 10.3. The highest BCUT2D eigenvalue weighted by Crippen LogP contribution is 2.08. The van der Waals surface area contributed by atoms with Crippen molar-refractivity contribution < 1.29 is 23.1 Å². The summed E-state index contributed by atoms with van der Waals surface area (Å²) in [5.74, 6) is -1.17. The predicted molar refractivity (Wildman–Crippen MR) is 62.0 cm³/mol. The minimum Gasteiger partial charge on any atom is -0.476 e. The van der Waals surface area contributed by atoms with Gasteiger partial charge in [0.25, 0.3) is 0 Å². The molecule has 0 spiro atoms. The van der Waals surface area contributed by atoms with Gasteiger partial charge >= 0.3 is 5.97 Å². The molecule has 0 aliphatic rings. The second-order valence-electron chi connectivity index (χ2n) is 3.83. The molecular weight excluding hydrogens is 262 g/mol. The van der Waals surface area contributed by atoms with E-state index in [2.05, 4.69) is 10.3 Å². The van der Waals surface area contributed by atoms with Gasteiger partial charge in [-0.15, -0.1) is 5.10 Å². The van der Waals surface area contributed by atoms with E-state index in [9.17, 15) is 13.2 Å². The highest BCUT2D eigenvalue weighted by Gasteiger charge is 2.18. The Kier molecular flexibility index (Phi) is 4.79. The van der Waals surface area contributed by atoms with Crippen LogP contribution in [-0.4, -0.2) is 53.6 Å². The quantitative estimate of drug-likeness (QED) is 0.718. The first kappa shape index (κ1) is 14.6. The molecule has 8 nitrogen and oxygen atoms in total. The number of carboxylic acids is 1. The van der Waals surface area contributed by atoms with Crippen molar-refractivity contribution in [2.24, 2.45) is 0 Å². The van der Waals surface area contributed by atoms with Crippen LogP contribution in [0.5, 0.6) is 0 Å². The molecule has 1 aromatic heterocycles. The first-order chi connectivity index (χ1) is 8.35. The standard InChI is InChI=1S/C9H15N3O5S/c1-17-6-7-8(9(13)14)10-11-12(7)4-3-5-18(2,15)16/h3-6H2,1-2H3,(H,13,14). The van der Waals surface area contributed by atoms with Gasteiger partial charge in [-0.1, -0.05) is 5.21 Å². The van der Waals surface area contributed by atoms with E-state index in [1.165, 1.54) is 11.8 Å². The molecule has 0 fully saturated rings. The van der Waals surface area contributed by atoms with E-state index in [1.807, 2.05) is 0 Å². The number of aromatic carboxylic acids is 1. The molecule has 0 amide bonds. The van der Waals surface area contributed by atoms with Crippen LogP contribution in [0.3, 0.4) is 0 Å². The zero-order valence-electron chi connectivity index (χ0n) is 10.2. The fourth-order valence-electron chi connectivity index (χ4n) is 1.43. The van der Waals surface area contributed by atoms with Gasteiger partial charge in [0.1, 0.15) is 9.84 Å². The lowest BCUT2D eigenvalue weighted by Gasteiger charge is -2.05. The molecule has 0 saturated carbocycles. The van der Waals surface area contributed by atoms with Crippen molar-refractivity contribution in [3.8, 4) is 0 Å². The minimum atomic E-state index is -3.04. The summed E-state index contributed by atoms with van der Waals surface area (Å²) in [6.07, 6.45) is 1.49. The van der Waals surface area contributed by atoms with Crippen LogP contribution < -0.4 is 0 Å². The summed E-state index contributed by atoms with van der Waals surface area (Å²) in [6, 6.07) is 0. The molecule has 0 unspecified atom stereocenters. The summed E-state index contributed by atoms with van der Waals surface area (Å²) in [7, 11) is -1.61. The van der Waals surface area contributed by atoms with Crippen molar-refractivity contribution in [2.45, 2.75) is 19.6 Å². The van der Waals surface area contributed by atoms with Gasteiger partial charge in [0.15, 0.2) is 5.69 Å². The fraction of sp³-hybridized carbons (Fsp3) is 0.667. The van der Waals surface area contributed by atoms with Crippen molar-refractivity contribution in [2.75, 3.05) is 19.1 Å². The average molecular weight is 277 g/mol. The summed E-state index contributed by atoms with van der Waals surface area (Å²) in [6.45, 7) is 0.347. The number of ether oxygens (including phenoxy) is 1. The van der Waals surface area contributed by atoms with Crippen LogP contribution in [0.1, 0.15) is 22.6 Å². The molecule has 0 saturated heterocycles. The molecule has 0 radical (unpaired) electrons. The third-order valence-electron chi connectivity index (χ3n) is 2.21. The summed E-state index contributed by atoms with van der Waals surface area (Å²) in [4.78, 5) is 10.9. The lowest BCUT2D eigenvalue weighted by Crippen LogP contribution is -2.12. The number of sulfone groups is 1. The van der Waals surface area contributed by atoms with Crippen molar-refractivity contribution in [3.63, 3.8) is 0 Å². The van der Waals surface area contributed by atoms with Crippen molar-refractivity contribution in [1.82, 2.24) is 15.0 Å². The van der Waals surface area contributed by atoms with Gasteiger partial charge in [-0.3, -0.25) is 0 Å². The number of aromatic nitrogens is 3. The van der Waals surface area contributed by atoms with Crippen LogP contribution in [0.15, 0.2) is 0 Å². The van der Waals surface area contributed by atoms with Crippen LogP contribution >= 0.6 is 0 Å². The summed E-state index contributed by atoms with van der Waals surface area (Å²) in [5.41, 5.74) is 0.162. The number of hydrogen-bond donors (Lipinski definition) is 1. The molecule has 0 aliphatic carbocycles. The van der Waals surface area contributed by atoms with Gasteiger partial charge in [-0.25, -0.2) is 17.9 Å². The van der Waals surface area contributed by atoms with Gasteiger partial charge in [0.2, 0.25) is 0 Å². The zero-order chi connectivity index (χ0) is 13.8. The number of hydrogen-bond acceptors (Lipinski definition) is 6. The van der Waals surface area contributed by atoms with Crippen molar-refractivity contribution in [1.29, 1.82) is 0 Å². The maximum atomic E-state index is 11.0. The molecule has 1 heterocycles. The van der Waals surface area contributed by atoms with Crippen LogP contribution in [0.4, 0.5) is 0 Å². The van der Waals surface area contributed by atoms with E-state index >= 15 is 0 Å². The molecular formula is C9H15N3O5S. The summed E-state index contributed by atoms with van der Waals surface area (Å²) >= 11 is 0. The molecule has 0 aromatic carbocycles. The van der Waals surface area contributed by atoms with Gasteiger partial charge in [-0.2, -0.15) is 0 Å². The number of nitrogens with zero attached hydrogens (tertiary/aromatic N) is 3. The normalized spacial score (nSPS) is 11.7. The van der Waals surface area contributed by atoms with Gasteiger partial charge in [-0.05, 0) is 6.42 Å². The number of aryl methyl sites for hydroxylation is 1. The topological polar surface area (TPSA) is 111 Å². The van der Waals surface area contributed by atoms with E-state index in [0.717, 1.165) is 6.26 Å². The molecule has 18 heavy (non-hydrogen) atoms. The largest absolute Gasteiger partial charge is 0.476 e. The minimum absolute atomic E-state index is 0.0156. The van der Waals surface area contributed by atoms with Gasteiger partial charge < -0.3 is 9.84 Å². The SMILES string of the molecule is COCc1c(C(=O)O)nnn1CCCS(C)(=O)=O. The number of rotatable bonds is 7. The second kappa shape index (κ2) is 5.91. The molecule has 9 heteroatoms. The van der Waals surface area contributed by atoms with Crippen LogP contribution in [0, 0.1) is 0 Å². The summed E-state index contributed by atoms with van der Waals surface area (Å²) in [5, 5.41) is 16.1. The molecule has 1 rings (SSSR count). The first-order valence-electron chi connectivity index (χ1n) is 5.17. The van der Waals surface area contributed by atoms with E-state index < -0.39 is 15.8 Å². The Balaban J connectivity index is 2.79. The number of methoxy groups -OCH3 is 1. The van der Waals surface area contributed by atoms with E-state index in [0.29, 0.717) is 12.1 Å². The summed E-state index contributed by atoms with van der Waals surface area (Å²) < 4.78 is 28.2. The Hall–Kier alpha value is -1.48. The number of carbonyl (C=O) groups is 1. The van der Waals surface area contributed by atoms with Crippen LogP contribution in [0.2, 0.25) is 0 Å². The van der Waals surface area contributed by atoms with E-state index in [1.54, 1.807) is 0 Å². The Morgan fingerprint density at radius 3 is 2.67 bits per heavy atom. The molecule has 102 valence electrons. The maximum Gasteiger partial charge on any atom is 0.358 e. The predicted octanol–water partition coefficient (Wildman–Crippen LogP) is -0.443. The van der Waals surface area contributed by atoms with E-state index in [-0.39, 0.29) is 24.6 Å². The second-order valence-corrected chi connectivity index (χ2v) is 6.09. The van der Waals surface area contributed by atoms with E-state index in [4.69, 9.17) is 9.84 Å². The third-order valence-corrected chi connectivity index (χ3v) is 3.24. The Morgan fingerprint density at radius 2 is 2.17 bits per heavy atom. The van der Waals surface area contributed by atoms with Crippen molar-refractivity contribution in [3.05, 3.63) is 11.4 Å². The third kappa shape index (κ3) is 4.08. The van der Waals surface area contributed by atoms with Gasteiger partial charge in [0, 0.05) is 19.9 Å². The molecule has 0 aliphatic heterocycles. The Labute approximate surface area is 104 Å². The molecule has 1 N–H and O–H groups in total. The van der Waals surface area contributed by atoms with Gasteiger partial charge in [0.05, 0.1) is 18.1 Å². The smallest absolute Gasteiger partial charge is 0.358 e. The number of carboxylic acid groups (broad SMARTS) is 1. The average Bonchev–Trinajstić information content (AvgIpc) is 2.60.